The molecule has 0 aliphatic heterocycles. The van der Waals surface area contributed by atoms with Gasteiger partial charge in [-0.05, 0) is 43.7 Å². The first kappa shape index (κ1) is 12.5. The van der Waals surface area contributed by atoms with Gasteiger partial charge >= 0.3 is 0 Å². The van der Waals surface area contributed by atoms with Crippen molar-refractivity contribution in [2.24, 2.45) is 0 Å². The van der Waals surface area contributed by atoms with Crippen LogP contribution in [0.25, 0.3) is 0 Å². The van der Waals surface area contributed by atoms with Gasteiger partial charge in [-0.15, -0.1) is 0 Å². The summed E-state index contributed by atoms with van der Waals surface area (Å²) >= 11 is 5.86. The molecule has 0 saturated heterocycles. The van der Waals surface area contributed by atoms with E-state index < -0.39 is 0 Å². The van der Waals surface area contributed by atoms with Crippen LogP contribution in [0.15, 0.2) is 30.6 Å². The van der Waals surface area contributed by atoms with E-state index in [2.05, 4.69) is 15.3 Å². The minimum absolute atomic E-state index is 0.258. The highest BCUT2D eigenvalue weighted by molar-refractivity contribution is 6.30. The lowest BCUT2D eigenvalue weighted by molar-refractivity contribution is 0.102. The molecule has 1 heterocycles. The molecule has 0 bridgehead atoms. The van der Waals surface area contributed by atoms with E-state index in [4.69, 9.17) is 11.6 Å². The van der Waals surface area contributed by atoms with Crippen molar-refractivity contribution >= 4 is 23.2 Å². The number of nitrogens with one attached hydrogen (secondary N) is 1. The minimum atomic E-state index is -0.258. The zero-order valence-electron chi connectivity index (χ0n) is 10.1. The van der Waals surface area contributed by atoms with Crippen LogP contribution in [0.5, 0.6) is 0 Å². The molecule has 0 aliphatic carbocycles. The number of benzene rings is 1. The monoisotopic (exact) mass is 261 g/mol. The van der Waals surface area contributed by atoms with Gasteiger partial charge in [0.15, 0.2) is 0 Å². The molecule has 2 rings (SSSR count). The number of anilines is 1. The van der Waals surface area contributed by atoms with Gasteiger partial charge in [0.1, 0.15) is 12.0 Å². The maximum Gasteiger partial charge on any atom is 0.274 e. The van der Waals surface area contributed by atoms with Crippen molar-refractivity contribution in [3.05, 3.63) is 52.6 Å². The second-order valence-corrected chi connectivity index (χ2v) is 4.39. The fraction of sp³-hybridized carbons (Fsp3) is 0.154. The number of rotatable bonds is 2. The van der Waals surface area contributed by atoms with Crippen molar-refractivity contribution in [2.75, 3.05) is 5.32 Å². The maximum absolute atomic E-state index is 12.0. The standard InChI is InChI=1S/C13H12ClN3O/c1-8-5-10(14)3-4-11(8)17-13(18)12-6-9(2)15-7-16-12/h3-7H,1-2H3,(H,17,18). The average molecular weight is 262 g/mol. The number of nitrogens with zero attached hydrogens (tertiary/aromatic N) is 2. The number of amides is 1. The highest BCUT2D eigenvalue weighted by atomic mass is 35.5. The Labute approximate surface area is 110 Å². The van der Waals surface area contributed by atoms with Gasteiger partial charge in [-0.2, -0.15) is 0 Å². The summed E-state index contributed by atoms with van der Waals surface area (Å²) in [6.45, 7) is 3.69. The molecule has 18 heavy (non-hydrogen) atoms. The first-order valence-corrected chi connectivity index (χ1v) is 5.80. The second-order valence-electron chi connectivity index (χ2n) is 3.96. The van der Waals surface area contributed by atoms with Gasteiger partial charge in [0, 0.05) is 16.4 Å². The van der Waals surface area contributed by atoms with Crippen LogP contribution in [0.1, 0.15) is 21.7 Å². The lowest BCUT2D eigenvalue weighted by Crippen LogP contribution is -2.14. The van der Waals surface area contributed by atoms with Gasteiger partial charge in [-0.3, -0.25) is 4.79 Å². The topological polar surface area (TPSA) is 54.9 Å². The Morgan fingerprint density at radius 2 is 2.00 bits per heavy atom. The normalized spacial score (nSPS) is 10.2. The summed E-state index contributed by atoms with van der Waals surface area (Å²) in [4.78, 5) is 19.9. The molecular formula is C13H12ClN3O. The molecule has 0 saturated carbocycles. The molecule has 92 valence electrons. The summed E-state index contributed by atoms with van der Waals surface area (Å²) in [5, 5.41) is 3.44. The third-order valence-corrected chi connectivity index (χ3v) is 2.71. The van der Waals surface area contributed by atoms with Gasteiger partial charge in [-0.25, -0.2) is 9.97 Å². The predicted molar refractivity (Wildman–Crippen MR) is 70.9 cm³/mol. The highest BCUT2D eigenvalue weighted by Crippen LogP contribution is 2.20. The van der Waals surface area contributed by atoms with Crippen molar-refractivity contribution in [1.82, 2.24) is 9.97 Å². The van der Waals surface area contributed by atoms with E-state index in [1.54, 1.807) is 24.3 Å². The first-order chi connectivity index (χ1) is 8.56. The number of halogens is 1. The number of carbonyl (C=O) groups excluding carboxylic acids is 1. The molecule has 0 spiro atoms. The third-order valence-electron chi connectivity index (χ3n) is 2.47. The predicted octanol–water partition coefficient (Wildman–Crippen LogP) is 3.00. The van der Waals surface area contributed by atoms with Crippen LogP contribution in [-0.4, -0.2) is 15.9 Å². The number of carbonyl (C=O) groups is 1. The Kier molecular flexibility index (Phi) is 3.58. The zero-order chi connectivity index (χ0) is 13.1. The van der Waals surface area contributed by atoms with Gasteiger partial charge in [0.05, 0.1) is 0 Å². The van der Waals surface area contributed by atoms with Crippen molar-refractivity contribution in [3.63, 3.8) is 0 Å². The fourth-order valence-electron chi connectivity index (χ4n) is 1.53. The van der Waals surface area contributed by atoms with Gasteiger partial charge in [0.25, 0.3) is 5.91 Å². The molecule has 0 aliphatic rings. The summed E-state index contributed by atoms with van der Waals surface area (Å²) in [6.07, 6.45) is 1.37. The highest BCUT2D eigenvalue weighted by Gasteiger charge is 2.09. The molecule has 2 aromatic rings. The SMILES string of the molecule is Cc1cc(C(=O)Nc2ccc(Cl)cc2C)ncn1. The Balaban J connectivity index is 2.21. The van der Waals surface area contributed by atoms with Gasteiger partial charge in [0.2, 0.25) is 0 Å². The van der Waals surface area contributed by atoms with E-state index in [-0.39, 0.29) is 5.91 Å². The number of aromatic nitrogens is 2. The molecule has 4 nitrogen and oxygen atoms in total. The summed E-state index contributed by atoms with van der Waals surface area (Å²) in [5.74, 6) is -0.258. The van der Waals surface area contributed by atoms with Crippen molar-refractivity contribution in [2.45, 2.75) is 13.8 Å². The lowest BCUT2D eigenvalue weighted by Gasteiger charge is -2.08. The van der Waals surface area contributed by atoms with E-state index in [1.165, 1.54) is 6.33 Å². The lowest BCUT2D eigenvalue weighted by atomic mass is 10.2. The quantitative estimate of drug-likeness (QED) is 0.904. The smallest absolute Gasteiger partial charge is 0.274 e. The van der Waals surface area contributed by atoms with Gasteiger partial charge < -0.3 is 5.32 Å². The van der Waals surface area contributed by atoms with E-state index in [9.17, 15) is 4.79 Å². The van der Waals surface area contributed by atoms with Crippen molar-refractivity contribution in [1.29, 1.82) is 0 Å². The molecule has 1 aromatic carbocycles. The van der Waals surface area contributed by atoms with Crippen molar-refractivity contribution < 1.29 is 4.79 Å². The molecule has 0 radical (unpaired) electrons. The van der Waals surface area contributed by atoms with Crippen molar-refractivity contribution in [3.8, 4) is 0 Å². The number of hydrogen-bond donors (Lipinski definition) is 1. The van der Waals surface area contributed by atoms with Crippen LogP contribution in [0, 0.1) is 13.8 Å². The molecular weight excluding hydrogens is 250 g/mol. The maximum atomic E-state index is 12.0. The van der Waals surface area contributed by atoms with E-state index in [0.717, 1.165) is 16.9 Å². The summed E-state index contributed by atoms with van der Waals surface area (Å²) in [6, 6.07) is 6.93. The van der Waals surface area contributed by atoms with E-state index in [1.807, 2.05) is 13.8 Å². The van der Waals surface area contributed by atoms with E-state index in [0.29, 0.717) is 10.7 Å². The number of aryl methyl sites for hydroxylation is 2. The molecule has 0 unspecified atom stereocenters. The summed E-state index contributed by atoms with van der Waals surface area (Å²) in [5.41, 5.74) is 2.72. The molecule has 1 amide bonds. The molecule has 1 aromatic heterocycles. The summed E-state index contributed by atoms with van der Waals surface area (Å²) < 4.78 is 0. The molecule has 0 fully saturated rings. The zero-order valence-corrected chi connectivity index (χ0v) is 10.8. The first-order valence-electron chi connectivity index (χ1n) is 5.42. The second kappa shape index (κ2) is 5.14. The average Bonchev–Trinajstić information content (AvgIpc) is 2.32. The number of hydrogen-bond acceptors (Lipinski definition) is 3. The third kappa shape index (κ3) is 2.84. The molecule has 0 atom stereocenters. The van der Waals surface area contributed by atoms with Crippen LogP contribution in [0.3, 0.4) is 0 Å². The largest absolute Gasteiger partial charge is 0.320 e. The minimum Gasteiger partial charge on any atom is -0.320 e. The van der Waals surface area contributed by atoms with Crippen LogP contribution >= 0.6 is 11.6 Å². The van der Waals surface area contributed by atoms with Gasteiger partial charge in [-0.1, -0.05) is 11.6 Å². The van der Waals surface area contributed by atoms with Crippen LogP contribution in [-0.2, 0) is 0 Å². The molecule has 1 N–H and O–H groups in total. The van der Waals surface area contributed by atoms with Crippen LogP contribution in [0.4, 0.5) is 5.69 Å². The Hall–Kier alpha value is -1.94. The van der Waals surface area contributed by atoms with Crippen LogP contribution in [0.2, 0.25) is 5.02 Å². The van der Waals surface area contributed by atoms with E-state index >= 15 is 0 Å². The Morgan fingerprint density at radius 3 is 2.67 bits per heavy atom. The summed E-state index contributed by atoms with van der Waals surface area (Å²) in [7, 11) is 0. The fourth-order valence-corrected chi connectivity index (χ4v) is 1.76. The Morgan fingerprint density at radius 1 is 1.22 bits per heavy atom. The molecule has 5 heteroatoms. The van der Waals surface area contributed by atoms with Crippen LogP contribution < -0.4 is 5.32 Å². The Bertz CT molecular complexity index is 599.